The zero-order valence-corrected chi connectivity index (χ0v) is 63.0. The van der Waals surface area contributed by atoms with Gasteiger partial charge in [-0.25, -0.2) is 9.59 Å². The number of carbonyl (C=O) groups is 6. The Bertz CT molecular complexity index is 1350. The van der Waals surface area contributed by atoms with Gasteiger partial charge in [0.15, 0.2) is 0 Å². The van der Waals surface area contributed by atoms with Crippen LogP contribution >= 0.6 is 0 Å². The van der Waals surface area contributed by atoms with Gasteiger partial charge in [0.1, 0.15) is 0 Å². The van der Waals surface area contributed by atoms with Crippen LogP contribution in [-0.2, 0) is 28.8 Å². The van der Waals surface area contributed by atoms with Crippen molar-refractivity contribution in [2.75, 3.05) is 0 Å². The molecule has 0 saturated carbocycles. The molecule has 0 spiro atoms. The number of carboxylic acids is 6. The van der Waals surface area contributed by atoms with Gasteiger partial charge < -0.3 is 49.8 Å². The number of hydrogen-bond acceptors (Lipinski definition) is 10. The molecular weight excluding hydrogens is 1290 g/mol. The zero-order chi connectivity index (χ0) is 65.6. The van der Waals surface area contributed by atoms with Crippen LogP contribution in [0.4, 0.5) is 0 Å². The third-order valence-electron chi connectivity index (χ3n) is 14.5. The Morgan fingerprint density at radius 2 is 0.500 bits per heavy atom. The molecule has 2 N–H and O–H groups in total. The first-order valence-electron chi connectivity index (χ1n) is 35.6. The number of hydrogen-bond donors (Lipinski definition) is 2. The van der Waals surface area contributed by atoms with Crippen LogP contribution in [0.3, 0.4) is 0 Å². The summed E-state index contributed by atoms with van der Waals surface area (Å²) >= 11 is 0.147. The van der Waals surface area contributed by atoms with E-state index in [1.165, 1.54) is 218 Å². The van der Waals surface area contributed by atoms with Crippen LogP contribution in [0.15, 0.2) is 23.3 Å². The molecule has 0 aromatic rings. The summed E-state index contributed by atoms with van der Waals surface area (Å²) in [5.74, 6) is -7.10. The van der Waals surface area contributed by atoms with Crippen molar-refractivity contribution in [1.29, 1.82) is 0 Å². The van der Waals surface area contributed by atoms with E-state index >= 15 is 0 Å². The first kappa shape index (κ1) is 95.0. The van der Waals surface area contributed by atoms with Gasteiger partial charge in [-0.2, -0.15) is 0 Å². The second-order valence-electron chi connectivity index (χ2n) is 23.3. The van der Waals surface area contributed by atoms with Crippen molar-refractivity contribution < 1.29 is 59.4 Å². The monoisotopic (exact) mass is 1430 g/mol. The first-order valence-corrected chi connectivity index (χ1v) is 43.7. The van der Waals surface area contributed by atoms with Gasteiger partial charge in [0.2, 0.25) is 0 Å². The summed E-state index contributed by atoms with van der Waals surface area (Å²) in [4.78, 5) is 61.0. The van der Waals surface area contributed by atoms with E-state index in [9.17, 15) is 49.2 Å². The Hall–Kier alpha value is -2.10. The number of unbranched alkanes of at least 4 members (excludes halogenated alkanes) is 38. The SMILES string of the molecule is CCCC/C(=C/C(=O)O)C(=O)O.CCCC/C(=C/C(=O)[O-])C(=O)[O-].CCCCCCCCCCCC(=O)[O-].CCCCCCCCCCCC(=O)[O-].CCCCCCC[CH2][Sn+2][CH2]CCCCCCC.CCCCCCC[CH2][Sn+2][CH2]CCCCCCC. The predicted molar refractivity (Wildman–Crippen MR) is 358 cm³/mol. The topological polar surface area (TPSA) is 235 Å². The molecule has 0 aliphatic heterocycles. The molecule has 14 heteroatoms. The van der Waals surface area contributed by atoms with Gasteiger partial charge >= 0.3 is 254 Å². The average Bonchev–Trinajstić information content (AvgIpc) is 3.52. The first-order chi connectivity index (χ1) is 41.5. The molecule has 0 rings (SSSR count). The predicted octanol–water partition coefficient (Wildman–Crippen LogP) is 17.7. The van der Waals surface area contributed by atoms with Crippen molar-refractivity contribution in [3.8, 4) is 0 Å². The molecule has 0 radical (unpaired) electrons. The van der Waals surface area contributed by atoms with E-state index in [0.717, 1.165) is 44.6 Å². The number of aliphatic carboxylic acids is 6. The van der Waals surface area contributed by atoms with Gasteiger partial charge in [0.25, 0.3) is 0 Å². The Morgan fingerprint density at radius 3 is 0.698 bits per heavy atom. The maximum absolute atomic E-state index is 10.4. The Morgan fingerprint density at radius 1 is 0.279 bits per heavy atom. The Labute approximate surface area is 551 Å². The molecule has 504 valence electrons. The van der Waals surface area contributed by atoms with Gasteiger partial charge in [-0.3, -0.25) is 0 Å². The van der Waals surface area contributed by atoms with E-state index in [1.54, 1.807) is 43.4 Å². The van der Waals surface area contributed by atoms with Crippen LogP contribution < -0.4 is 20.4 Å². The summed E-state index contributed by atoms with van der Waals surface area (Å²) in [5, 5.41) is 57.3. The molecule has 0 fully saturated rings. The summed E-state index contributed by atoms with van der Waals surface area (Å²) < 4.78 is 6.63. The van der Waals surface area contributed by atoms with Crippen molar-refractivity contribution in [3.05, 3.63) is 23.3 Å². The minimum atomic E-state index is -1.50. The summed E-state index contributed by atoms with van der Waals surface area (Å²) in [6, 6.07) is 0. The van der Waals surface area contributed by atoms with E-state index in [4.69, 9.17) is 10.2 Å². The molecule has 0 aromatic carbocycles. The van der Waals surface area contributed by atoms with Gasteiger partial charge in [-0.15, -0.1) is 0 Å². The van der Waals surface area contributed by atoms with Crippen LogP contribution in [0, 0.1) is 0 Å². The van der Waals surface area contributed by atoms with Crippen LogP contribution in [0.1, 0.15) is 376 Å². The number of carbonyl (C=O) groups excluding carboxylic acids is 4. The van der Waals surface area contributed by atoms with Crippen LogP contribution in [0.2, 0.25) is 17.7 Å². The Balaban J connectivity index is -0.000000224. The van der Waals surface area contributed by atoms with Gasteiger partial charge in [-0.1, -0.05) is 143 Å². The van der Waals surface area contributed by atoms with Crippen LogP contribution in [0.5, 0.6) is 0 Å². The number of carboxylic acid groups (broad SMARTS) is 6. The molecule has 0 aliphatic rings. The van der Waals surface area contributed by atoms with Crippen molar-refractivity contribution in [3.63, 3.8) is 0 Å². The summed E-state index contributed by atoms with van der Waals surface area (Å²) in [7, 11) is 0. The fraction of sp³-hybridized carbons (Fsp3) is 0.861. The molecule has 86 heavy (non-hydrogen) atoms. The summed E-state index contributed by atoms with van der Waals surface area (Å²) in [5.41, 5.74) is -0.249. The van der Waals surface area contributed by atoms with E-state index in [0.29, 0.717) is 25.3 Å². The molecule has 0 amide bonds. The molecule has 0 saturated heterocycles. The van der Waals surface area contributed by atoms with Crippen molar-refractivity contribution in [1.82, 2.24) is 0 Å². The fourth-order valence-electron chi connectivity index (χ4n) is 9.03. The van der Waals surface area contributed by atoms with Gasteiger partial charge in [0.05, 0.1) is 11.9 Å². The van der Waals surface area contributed by atoms with Crippen molar-refractivity contribution in [2.24, 2.45) is 0 Å². The quantitative estimate of drug-likeness (QED) is 0.0329. The molecule has 0 aliphatic carbocycles. The molecule has 0 atom stereocenters. The average molecular weight is 1430 g/mol. The maximum atomic E-state index is 10.4. The standard InChI is InChI=1S/2C12H24O2.2C8H12O4.4C8H17.2Sn/c2*1-2-3-4-5-6-7-8-9-10-11-12(13)14;2*1-2-3-4-6(8(11)12)5-7(9)10;4*1-3-5-7-8-6-4-2;;/h2*2-11H2,1H3,(H,13,14);2*5H,2-4H2,1H3,(H,9,10)(H,11,12);4*1,3-8H2,2H3;;/q;;;;;;;;2*+2/p-4/b;;2*6-5-;;;;;;. The molecule has 12 nitrogen and oxygen atoms in total. The number of rotatable bonds is 58. The Kier molecular flexibility index (Phi) is 96.2. The normalized spacial score (nSPS) is 10.7. The summed E-state index contributed by atoms with van der Waals surface area (Å²) in [6.45, 7) is 17.4. The van der Waals surface area contributed by atoms with Gasteiger partial charge in [-0.05, 0) is 63.0 Å². The third kappa shape index (κ3) is 104. The van der Waals surface area contributed by atoms with Crippen LogP contribution in [0.25, 0.3) is 0 Å². The molecule has 0 unspecified atom stereocenters. The second kappa shape index (κ2) is 87.1. The second-order valence-corrected chi connectivity index (χ2v) is 31.8. The third-order valence-corrected chi connectivity index (χ3v) is 22.6. The van der Waals surface area contributed by atoms with Crippen molar-refractivity contribution in [2.45, 2.75) is 394 Å². The minimum absolute atomic E-state index is 0.0376. The summed E-state index contributed by atoms with van der Waals surface area (Å²) in [6.07, 6.45) is 62.8. The van der Waals surface area contributed by atoms with E-state index in [2.05, 4.69) is 41.5 Å². The molecule has 0 bridgehead atoms. The van der Waals surface area contributed by atoms with Crippen molar-refractivity contribution >= 4 is 78.1 Å². The van der Waals surface area contributed by atoms with E-state index < -0.39 is 35.8 Å². The van der Waals surface area contributed by atoms with Gasteiger partial charge in [0, 0.05) is 23.6 Å². The molecular formula is C72H136O12Sn2. The fourth-order valence-corrected chi connectivity index (χ4v) is 16.2. The zero-order valence-electron chi connectivity index (χ0n) is 57.3. The van der Waals surface area contributed by atoms with Crippen LogP contribution in [-0.4, -0.2) is 88.3 Å². The molecule has 0 heterocycles. The van der Waals surface area contributed by atoms with E-state index in [-0.39, 0.29) is 72.7 Å². The molecule has 0 aromatic heterocycles. The van der Waals surface area contributed by atoms with E-state index in [1.807, 2.05) is 13.8 Å².